The average molecular weight is 260 g/mol. The summed E-state index contributed by atoms with van der Waals surface area (Å²) in [7, 11) is 0. The van der Waals surface area contributed by atoms with Gasteiger partial charge in [-0.05, 0) is 49.1 Å². The molecule has 2 rings (SSSR count). The summed E-state index contributed by atoms with van der Waals surface area (Å²) in [5, 5.41) is 4.30. The molecule has 0 bridgehead atoms. The van der Waals surface area contributed by atoms with Gasteiger partial charge in [0.05, 0.1) is 0 Å². The second-order valence-corrected chi connectivity index (χ2v) is 4.90. The Hall–Kier alpha value is -1.47. The zero-order valence-electron chi connectivity index (χ0n) is 10.6. The minimum atomic E-state index is 0.869. The smallest absolute Gasteiger partial charge is 0.0437 e. The predicted molar refractivity (Wildman–Crippen MR) is 79.4 cm³/mol. The summed E-state index contributed by atoms with van der Waals surface area (Å²) in [5.74, 6) is 0. The zero-order valence-corrected chi connectivity index (χ0v) is 11.4. The fourth-order valence-corrected chi connectivity index (χ4v) is 2.20. The number of benzene rings is 2. The van der Waals surface area contributed by atoms with E-state index in [1.165, 1.54) is 16.8 Å². The van der Waals surface area contributed by atoms with Crippen LogP contribution in [0.4, 0.5) is 5.69 Å². The SMILES string of the molecule is Cc1cccc(NCCCc2ccccc2Cl)c1. The summed E-state index contributed by atoms with van der Waals surface area (Å²) in [6, 6.07) is 16.5. The van der Waals surface area contributed by atoms with Crippen LogP contribution < -0.4 is 5.32 Å². The van der Waals surface area contributed by atoms with Crippen LogP contribution in [0.2, 0.25) is 5.02 Å². The third-order valence-electron chi connectivity index (χ3n) is 2.93. The van der Waals surface area contributed by atoms with Crippen molar-refractivity contribution in [2.24, 2.45) is 0 Å². The summed E-state index contributed by atoms with van der Waals surface area (Å²) in [5.41, 5.74) is 3.70. The highest BCUT2D eigenvalue weighted by Crippen LogP contribution is 2.16. The van der Waals surface area contributed by atoms with E-state index in [2.05, 4.69) is 42.6 Å². The van der Waals surface area contributed by atoms with Crippen molar-refractivity contribution in [2.45, 2.75) is 19.8 Å². The molecule has 1 N–H and O–H groups in total. The Balaban J connectivity index is 1.78. The highest BCUT2D eigenvalue weighted by molar-refractivity contribution is 6.31. The van der Waals surface area contributed by atoms with Gasteiger partial charge < -0.3 is 5.32 Å². The molecule has 0 saturated heterocycles. The molecule has 0 unspecified atom stereocenters. The number of hydrogen-bond donors (Lipinski definition) is 1. The Kier molecular flexibility index (Phi) is 4.66. The van der Waals surface area contributed by atoms with E-state index >= 15 is 0 Å². The summed E-state index contributed by atoms with van der Waals surface area (Å²) in [6.45, 7) is 3.07. The third-order valence-corrected chi connectivity index (χ3v) is 3.30. The van der Waals surface area contributed by atoms with Crippen LogP contribution in [0.15, 0.2) is 48.5 Å². The first-order valence-electron chi connectivity index (χ1n) is 6.29. The number of rotatable bonds is 5. The lowest BCUT2D eigenvalue weighted by Gasteiger charge is -2.08. The summed E-state index contributed by atoms with van der Waals surface area (Å²) in [6.07, 6.45) is 2.09. The molecule has 1 nitrogen and oxygen atoms in total. The fraction of sp³-hybridized carbons (Fsp3) is 0.250. The normalized spacial score (nSPS) is 10.3. The van der Waals surface area contributed by atoms with Crippen molar-refractivity contribution in [1.82, 2.24) is 0 Å². The standard InChI is InChI=1S/C16H18ClN/c1-13-6-4-9-15(12-13)18-11-5-8-14-7-2-3-10-16(14)17/h2-4,6-7,9-10,12,18H,5,8,11H2,1H3. The van der Waals surface area contributed by atoms with Crippen LogP contribution in [0.1, 0.15) is 17.5 Å². The van der Waals surface area contributed by atoms with E-state index in [0.29, 0.717) is 0 Å². The van der Waals surface area contributed by atoms with E-state index in [0.717, 1.165) is 24.4 Å². The molecule has 0 heterocycles. The van der Waals surface area contributed by atoms with Crippen LogP contribution in [0, 0.1) is 6.92 Å². The first-order valence-corrected chi connectivity index (χ1v) is 6.67. The van der Waals surface area contributed by atoms with E-state index in [4.69, 9.17) is 11.6 Å². The zero-order chi connectivity index (χ0) is 12.8. The van der Waals surface area contributed by atoms with Crippen LogP contribution in [0.3, 0.4) is 0 Å². The van der Waals surface area contributed by atoms with Gasteiger partial charge in [-0.3, -0.25) is 0 Å². The highest BCUT2D eigenvalue weighted by atomic mass is 35.5. The van der Waals surface area contributed by atoms with Crippen LogP contribution in [-0.2, 0) is 6.42 Å². The molecule has 0 radical (unpaired) electrons. The molecule has 0 fully saturated rings. The van der Waals surface area contributed by atoms with E-state index in [1.807, 2.05) is 18.2 Å². The van der Waals surface area contributed by atoms with Crippen molar-refractivity contribution < 1.29 is 0 Å². The summed E-state index contributed by atoms with van der Waals surface area (Å²) in [4.78, 5) is 0. The van der Waals surface area contributed by atoms with Gasteiger partial charge in [-0.1, -0.05) is 41.9 Å². The number of hydrogen-bond acceptors (Lipinski definition) is 1. The second-order valence-electron chi connectivity index (χ2n) is 4.49. The lowest BCUT2D eigenvalue weighted by Crippen LogP contribution is -2.03. The molecular formula is C16H18ClN. The lowest BCUT2D eigenvalue weighted by molar-refractivity contribution is 0.863. The van der Waals surface area contributed by atoms with Gasteiger partial charge in [0.15, 0.2) is 0 Å². The molecule has 18 heavy (non-hydrogen) atoms. The molecular weight excluding hydrogens is 242 g/mol. The van der Waals surface area contributed by atoms with E-state index in [-0.39, 0.29) is 0 Å². The van der Waals surface area contributed by atoms with Gasteiger partial charge in [-0.15, -0.1) is 0 Å². The number of aryl methyl sites for hydroxylation is 2. The third kappa shape index (κ3) is 3.78. The molecule has 0 aromatic heterocycles. The van der Waals surface area contributed by atoms with Gasteiger partial charge in [0.2, 0.25) is 0 Å². The van der Waals surface area contributed by atoms with Crippen molar-refractivity contribution in [3.05, 3.63) is 64.7 Å². The summed E-state index contributed by atoms with van der Waals surface area (Å²) < 4.78 is 0. The quantitative estimate of drug-likeness (QED) is 0.768. The minimum Gasteiger partial charge on any atom is -0.385 e. The number of anilines is 1. The van der Waals surface area contributed by atoms with Crippen molar-refractivity contribution in [1.29, 1.82) is 0 Å². The molecule has 0 aliphatic carbocycles. The predicted octanol–water partition coefficient (Wildman–Crippen LogP) is 4.69. The van der Waals surface area contributed by atoms with Gasteiger partial charge in [-0.25, -0.2) is 0 Å². The minimum absolute atomic E-state index is 0.869. The second kappa shape index (κ2) is 6.46. The molecule has 94 valence electrons. The Morgan fingerprint density at radius 3 is 2.67 bits per heavy atom. The van der Waals surface area contributed by atoms with Gasteiger partial charge in [0.1, 0.15) is 0 Å². The van der Waals surface area contributed by atoms with Crippen LogP contribution in [-0.4, -0.2) is 6.54 Å². The molecule has 0 spiro atoms. The molecule has 2 heteroatoms. The first-order chi connectivity index (χ1) is 8.75. The summed E-state index contributed by atoms with van der Waals surface area (Å²) >= 11 is 6.12. The maximum Gasteiger partial charge on any atom is 0.0437 e. The molecule has 2 aromatic rings. The Bertz CT molecular complexity index is 508. The van der Waals surface area contributed by atoms with Crippen molar-refractivity contribution in [3.8, 4) is 0 Å². The molecule has 0 amide bonds. The average Bonchev–Trinajstić information content (AvgIpc) is 2.37. The maximum atomic E-state index is 6.12. The Labute approximate surface area is 114 Å². The Morgan fingerprint density at radius 1 is 1.06 bits per heavy atom. The van der Waals surface area contributed by atoms with Gasteiger partial charge in [0, 0.05) is 17.3 Å². The monoisotopic (exact) mass is 259 g/mol. The molecule has 2 aromatic carbocycles. The van der Waals surface area contributed by atoms with Crippen LogP contribution in [0.25, 0.3) is 0 Å². The number of nitrogens with one attached hydrogen (secondary N) is 1. The largest absolute Gasteiger partial charge is 0.385 e. The molecule has 0 aliphatic heterocycles. The van der Waals surface area contributed by atoms with Gasteiger partial charge in [0.25, 0.3) is 0 Å². The fourth-order valence-electron chi connectivity index (χ4n) is 1.97. The first kappa shape index (κ1) is 13.0. The maximum absolute atomic E-state index is 6.12. The van der Waals surface area contributed by atoms with Crippen LogP contribution in [0.5, 0.6) is 0 Å². The van der Waals surface area contributed by atoms with Gasteiger partial charge >= 0.3 is 0 Å². The number of halogens is 1. The van der Waals surface area contributed by atoms with E-state index in [1.54, 1.807) is 0 Å². The van der Waals surface area contributed by atoms with E-state index < -0.39 is 0 Å². The van der Waals surface area contributed by atoms with Gasteiger partial charge in [-0.2, -0.15) is 0 Å². The van der Waals surface area contributed by atoms with Crippen molar-refractivity contribution in [2.75, 3.05) is 11.9 Å². The highest BCUT2D eigenvalue weighted by Gasteiger charge is 1.98. The van der Waals surface area contributed by atoms with Crippen molar-refractivity contribution in [3.63, 3.8) is 0 Å². The van der Waals surface area contributed by atoms with Crippen molar-refractivity contribution >= 4 is 17.3 Å². The lowest BCUT2D eigenvalue weighted by atomic mass is 10.1. The molecule has 0 atom stereocenters. The topological polar surface area (TPSA) is 12.0 Å². The van der Waals surface area contributed by atoms with Crippen LogP contribution >= 0.6 is 11.6 Å². The molecule has 0 saturated carbocycles. The Morgan fingerprint density at radius 2 is 1.89 bits per heavy atom. The van der Waals surface area contributed by atoms with E-state index in [9.17, 15) is 0 Å². The molecule has 0 aliphatic rings.